The van der Waals surface area contributed by atoms with Gasteiger partial charge in [-0.05, 0) is 56.2 Å². The number of aryl methyl sites for hydroxylation is 3. The first-order valence-electron chi connectivity index (χ1n) is 7.20. The molecule has 0 fully saturated rings. The minimum absolute atomic E-state index is 0.0851. The van der Waals surface area contributed by atoms with E-state index in [1.807, 2.05) is 6.92 Å². The number of halogens is 3. The third kappa shape index (κ3) is 6.61. The highest BCUT2D eigenvalue weighted by molar-refractivity contribution is 7.86. The third-order valence-electron chi connectivity index (χ3n) is 3.32. The van der Waals surface area contributed by atoms with E-state index in [-0.39, 0.29) is 4.90 Å². The maximum atomic E-state index is 12.0. The second-order valence-corrected chi connectivity index (χ2v) is 8.35. The maximum absolute atomic E-state index is 12.0. The normalized spacial score (nSPS) is 12.3. The second kappa shape index (κ2) is 7.97. The fourth-order valence-corrected chi connectivity index (χ4v) is 3.75. The molecule has 0 radical (unpaired) electrons. The Bertz CT molecular complexity index is 1000. The lowest BCUT2D eigenvalue weighted by Gasteiger charge is -2.14. The molecule has 0 aliphatic rings. The molecule has 0 aromatic heterocycles. The molecular formula is C16H15F3O6S2-2. The van der Waals surface area contributed by atoms with Crippen LogP contribution in [0.2, 0.25) is 0 Å². The zero-order valence-corrected chi connectivity index (χ0v) is 16.0. The van der Waals surface area contributed by atoms with Gasteiger partial charge in [0.15, 0.2) is 0 Å². The van der Waals surface area contributed by atoms with Crippen molar-refractivity contribution in [2.75, 3.05) is 0 Å². The monoisotopic (exact) mass is 424 g/mol. The Labute approximate surface area is 155 Å². The smallest absolute Gasteiger partial charge is 0.416 e. The molecule has 0 atom stereocenters. The van der Waals surface area contributed by atoms with Gasteiger partial charge in [0.25, 0.3) is 0 Å². The van der Waals surface area contributed by atoms with Gasteiger partial charge < -0.3 is 9.11 Å². The van der Waals surface area contributed by atoms with E-state index < -0.39 is 36.9 Å². The van der Waals surface area contributed by atoms with Crippen LogP contribution in [0.1, 0.15) is 22.3 Å². The Hall–Kier alpha value is -1.95. The van der Waals surface area contributed by atoms with Gasteiger partial charge in [-0.25, -0.2) is 16.8 Å². The first-order valence-corrected chi connectivity index (χ1v) is 10.0. The number of alkyl halides is 3. The quantitative estimate of drug-likeness (QED) is 0.684. The van der Waals surface area contributed by atoms with Gasteiger partial charge in [0.2, 0.25) is 0 Å². The minimum Gasteiger partial charge on any atom is -0.744 e. The fourth-order valence-electron chi connectivity index (χ4n) is 2.37. The summed E-state index contributed by atoms with van der Waals surface area (Å²) in [5.74, 6) is 0. The van der Waals surface area contributed by atoms with Gasteiger partial charge in [0.05, 0.1) is 15.4 Å². The van der Waals surface area contributed by atoms with E-state index in [2.05, 4.69) is 0 Å². The molecule has 0 spiro atoms. The van der Waals surface area contributed by atoms with Gasteiger partial charge in [-0.3, -0.25) is 0 Å². The van der Waals surface area contributed by atoms with E-state index in [1.54, 1.807) is 26.0 Å². The van der Waals surface area contributed by atoms with Crippen molar-refractivity contribution in [2.24, 2.45) is 0 Å². The molecule has 0 aliphatic heterocycles. The summed E-state index contributed by atoms with van der Waals surface area (Å²) in [6.07, 6.45) is -4.54. The van der Waals surface area contributed by atoms with Crippen molar-refractivity contribution in [2.45, 2.75) is 36.7 Å². The molecular weight excluding hydrogens is 409 g/mol. The molecule has 0 saturated carbocycles. The molecule has 2 aromatic carbocycles. The van der Waals surface area contributed by atoms with E-state index in [4.69, 9.17) is 0 Å². The van der Waals surface area contributed by atoms with E-state index in [0.717, 1.165) is 5.56 Å². The van der Waals surface area contributed by atoms with Crippen LogP contribution >= 0.6 is 0 Å². The standard InChI is InChI=1S/C9H12O3S.C7H5F3O3S/c1-6-4-7(2)9(8(3)5-6)13(10,11)12;8-7(9,10)5-1-3-6(4-2-5)14(11,12)13/h4-5H,1-3H3,(H,10,11,12);1-4H,(H,11,12,13)/p-2. The molecule has 27 heavy (non-hydrogen) atoms. The van der Waals surface area contributed by atoms with Gasteiger partial charge >= 0.3 is 6.18 Å². The first kappa shape index (κ1) is 23.1. The van der Waals surface area contributed by atoms with Crippen molar-refractivity contribution in [3.63, 3.8) is 0 Å². The summed E-state index contributed by atoms with van der Waals surface area (Å²) in [6.45, 7) is 5.12. The highest BCUT2D eigenvalue weighted by Gasteiger charge is 2.30. The zero-order valence-electron chi connectivity index (χ0n) is 14.4. The van der Waals surface area contributed by atoms with Crippen LogP contribution in [0.5, 0.6) is 0 Å². The summed E-state index contributed by atoms with van der Waals surface area (Å²) in [5.41, 5.74) is 1.01. The van der Waals surface area contributed by atoms with Crippen LogP contribution in [0.25, 0.3) is 0 Å². The SMILES string of the molecule is Cc1cc(C)c(S(=O)(=O)[O-])c(C)c1.O=S(=O)([O-])c1ccc(C(F)(F)F)cc1. The minimum atomic E-state index is -4.68. The molecule has 0 heterocycles. The topological polar surface area (TPSA) is 114 Å². The third-order valence-corrected chi connectivity index (χ3v) is 5.32. The summed E-state index contributed by atoms with van der Waals surface area (Å²) in [5, 5.41) is 0. The molecule has 0 aliphatic carbocycles. The fraction of sp³-hybridized carbons (Fsp3) is 0.250. The predicted molar refractivity (Wildman–Crippen MR) is 88.0 cm³/mol. The van der Waals surface area contributed by atoms with Crippen molar-refractivity contribution in [1.82, 2.24) is 0 Å². The molecule has 2 rings (SSSR count). The van der Waals surface area contributed by atoms with Gasteiger partial charge in [-0.2, -0.15) is 13.2 Å². The Morgan fingerprint density at radius 1 is 0.778 bits per heavy atom. The van der Waals surface area contributed by atoms with Gasteiger partial charge in [0.1, 0.15) is 20.2 Å². The molecule has 0 amide bonds. The number of rotatable bonds is 2. The summed E-state index contributed by atoms with van der Waals surface area (Å²) in [7, 11) is -9.01. The van der Waals surface area contributed by atoms with Crippen LogP contribution in [-0.2, 0) is 26.4 Å². The van der Waals surface area contributed by atoms with Crippen molar-refractivity contribution in [1.29, 1.82) is 0 Å². The Kier molecular flexibility index (Phi) is 6.81. The highest BCUT2D eigenvalue weighted by Crippen LogP contribution is 2.29. The van der Waals surface area contributed by atoms with Crippen molar-refractivity contribution < 1.29 is 39.1 Å². The Balaban J connectivity index is 0.000000271. The van der Waals surface area contributed by atoms with Crippen LogP contribution in [0.4, 0.5) is 13.2 Å². The lowest BCUT2D eigenvalue weighted by molar-refractivity contribution is -0.137. The van der Waals surface area contributed by atoms with E-state index in [9.17, 15) is 39.1 Å². The highest BCUT2D eigenvalue weighted by atomic mass is 32.2. The van der Waals surface area contributed by atoms with Crippen molar-refractivity contribution in [3.05, 3.63) is 58.7 Å². The van der Waals surface area contributed by atoms with Crippen LogP contribution in [0.3, 0.4) is 0 Å². The molecule has 0 N–H and O–H groups in total. The van der Waals surface area contributed by atoms with E-state index in [0.29, 0.717) is 35.4 Å². The number of hydrogen-bond acceptors (Lipinski definition) is 6. The van der Waals surface area contributed by atoms with Gasteiger partial charge in [-0.15, -0.1) is 0 Å². The van der Waals surface area contributed by atoms with Crippen LogP contribution in [-0.4, -0.2) is 25.9 Å². The maximum Gasteiger partial charge on any atom is 0.416 e. The molecule has 2 aromatic rings. The largest absolute Gasteiger partial charge is 0.744 e. The lowest BCUT2D eigenvalue weighted by Crippen LogP contribution is -2.05. The average Bonchev–Trinajstić information content (AvgIpc) is 2.43. The first-order chi connectivity index (χ1) is 12.0. The summed E-state index contributed by atoms with van der Waals surface area (Å²) >= 11 is 0. The molecule has 0 saturated heterocycles. The molecule has 11 heteroatoms. The summed E-state index contributed by atoms with van der Waals surface area (Å²) in [4.78, 5) is -0.761. The Morgan fingerprint density at radius 3 is 1.48 bits per heavy atom. The van der Waals surface area contributed by atoms with Gasteiger partial charge in [-0.1, -0.05) is 17.7 Å². The molecule has 6 nitrogen and oxygen atoms in total. The lowest BCUT2D eigenvalue weighted by atomic mass is 10.1. The van der Waals surface area contributed by atoms with Crippen LogP contribution in [0, 0.1) is 20.8 Å². The number of hydrogen-bond donors (Lipinski definition) is 0. The average molecular weight is 424 g/mol. The number of benzene rings is 2. The zero-order chi connectivity index (χ0) is 21.2. The van der Waals surface area contributed by atoms with Crippen LogP contribution < -0.4 is 0 Å². The molecule has 0 unspecified atom stereocenters. The van der Waals surface area contributed by atoms with Gasteiger partial charge in [0, 0.05) is 0 Å². The van der Waals surface area contributed by atoms with Crippen molar-refractivity contribution in [3.8, 4) is 0 Å². The summed E-state index contributed by atoms with van der Waals surface area (Å²) < 4.78 is 99.5. The molecule has 150 valence electrons. The summed E-state index contributed by atoms with van der Waals surface area (Å²) in [6, 6.07) is 5.74. The predicted octanol–water partition coefficient (Wildman–Crippen LogP) is 3.13. The second-order valence-electron chi connectivity index (χ2n) is 5.66. The molecule has 0 bridgehead atoms. The van der Waals surface area contributed by atoms with Crippen LogP contribution in [0.15, 0.2) is 46.2 Å². The Morgan fingerprint density at radius 2 is 1.19 bits per heavy atom. The van der Waals surface area contributed by atoms with E-state index in [1.165, 1.54) is 0 Å². The van der Waals surface area contributed by atoms with E-state index >= 15 is 0 Å². The van der Waals surface area contributed by atoms with Crippen molar-refractivity contribution >= 4 is 20.2 Å².